The van der Waals surface area contributed by atoms with Gasteiger partial charge >= 0.3 is 0 Å². The molecule has 4 nitrogen and oxygen atoms in total. The number of aliphatic hydroxyl groups is 1. The van der Waals surface area contributed by atoms with Gasteiger partial charge < -0.3 is 19.9 Å². The molecule has 0 aromatic heterocycles. The number of benzene rings is 2. The van der Waals surface area contributed by atoms with Crippen molar-refractivity contribution in [3.05, 3.63) is 65.7 Å². The molecule has 0 radical (unpaired) electrons. The Hall–Kier alpha value is -1.88. The molecule has 1 fully saturated rings. The van der Waals surface area contributed by atoms with Crippen molar-refractivity contribution < 1.29 is 14.6 Å². The zero-order chi connectivity index (χ0) is 18.9. The first kappa shape index (κ1) is 19.9. The average molecular weight is 370 g/mol. The number of hydrogen-bond acceptors (Lipinski definition) is 4. The SMILES string of the molecule is COCOc1cccc(C(NCCc2ccccc2)C2CCCCC2O)c1. The van der Waals surface area contributed by atoms with Crippen molar-refractivity contribution in [3.63, 3.8) is 0 Å². The van der Waals surface area contributed by atoms with E-state index >= 15 is 0 Å². The minimum Gasteiger partial charge on any atom is -0.468 e. The minimum absolute atomic E-state index is 0.120. The smallest absolute Gasteiger partial charge is 0.188 e. The van der Waals surface area contributed by atoms with Gasteiger partial charge in [0.05, 0.1) is 6.10 Å². The largest absolute Gasteiger partial charge is 0.468 e. The van der Waals surface area contributed by atoms with Crippen molar-refractivity contribution >= 4 is 0 Å². The molecule has 3 rings (SSSR count). The third-order valence-electron chi connectivity index (χ3n) is 5.39. The molecule has 0 saturated heterocycles. The monoisotopic (exact) mass is 369 g/mol. The van der Waals surface area contributed by atoms with E-state index in [1.165, 1.54) is 17.5 Å². The number of methoxy groups -OCH3 is 1. The molecule has 146 valence electrons. The molecule has 3 atom stereocenters. The highest BCUT2D eigenvalue weighted by molar-refractivity contribution is 5.31. The lowest BCUT2D eigenvalue weighted by atomic mass is 9.79. The van der Waals surface area contributed by atoms with Crippen LogP contribution in [0.3, 0.4) is 0 Å². The molecule has 0 heterocycles. The molecule has 1 saturated carbocycles. The molecule has 4 heteroatoms. The molecule has 3 unspecified atom stereocenters. The van der Waals surface area contributed by atoms with Crippen LogP contribution in [0.4, 0.5) is 0 Å². The highest BCUT2D eigenvalue weighted by Gasteiger charge is 2.31. The summed E-state index contributed by atoms with van der Waals surface area (Å²) < 4.78 is 10.6. The highest BCUT2D eigenvalue weighted by Crippen LogP contribution is 2.35. The summed E-state index contributed by atoms with van der Waals surface area (Å²) in [5.74, 6) is 1.03. The quantitative estimate of drug-likeness (QED) is 0.654. The maximum Gasteiger partial charge on any atom is 0.188 e. The third-order valence-corrected chi connectivity index (χ3v) is 5.39. The Bertz CT molecular complexity index is 676. The number of hydrogen-bond donors (Lipinski definition) is 2. The zero-order valence-electron chi connectivity index (χ0n) is 16.1. The van der Waals surface area contributed by atoms with Crippen molar-refractivity contribution in [2.45, 2.75) is 44.2 Å². The molecule has 1 aliphatic rings. The number of rotatable bonds is 9. The Morgan fingerprint density at radius 3 is 2.67 bits per heavy atom. The topological polar surface area (TPSA) is 50.7 Å². The second-order valence-corrected chi connectivity index (χ2v) is 7.31. The molecule has 0 aliphatic heterocycles. The molecule has 2 N–H and O–H groups in total. The predicted octanol–water partition coefficient (Wildman–Crippen LogP) is 4.09. The summed E-state index contributed by atoms with van der Waals surface area (Å²) in [6.07, 6.45) is 4.95. The maximum atomic E-state index is 10.6. The van der Waals surface area contributed by atoms with Gasteiger partial charge in [-0.2, -0.15) is 0 Å². The van der Waals surface area contributed by atoms with Gasteiger partial charge in [0.25, 0.3) is 0 Å². The molecule has 1 aliphatic carbocycles. The molecule has 2 aromatic rings. The summed E-state index contributed by atoms with van der Waals surface area (Å²) in [7, 11) is 1.62. The first-order valence-corrected chi connectivity index (χ1v) is 9.95. The van der Waals surface area contributed by atoms with E-state index in [1.807, 2.05) is 18.2 Å². The Morgan fingerprint density at radius 1 is 1.07 bits per heavy atom. The van der Waals surface area contributed by atoms with Crippen LogP contribution in [0.5, 0.6) is 5.75 Å². The lowest BCUT2D eigenvalue weighted by molar-refractivity contribution is 0.0462. The lowest BCUT2D eigenvalue weighted by Crippen LogP contribution is -2.38. The van der Waals surface area contributed by atoms with Crippen molar-refractivity contribution in [1.29, 1.82) is 0 Å². The van der Waals surface area contributed by atoms with E-state index in [1.54, 1.807) is 7.11 Å². The number of nitrogens with one attached hydrogen (secondary N) is 1. The van der Waals surface area contributed by atoms with Crippen LogP contribution in [0, 0.1) is 5.92 Å². The van der Waals surface area contributed by atoms with Crippen LogP contribution >= 0.6 is 0 Å². The molecule has 0 spiro atoms. The zero-order valence-corrected chi connectivity index (χ0v) is 16.1. The van der Waals surface area contributed by atoms with E-state index in [0.29, 0.717) is 0 Å². The second-order valence-electron chi connectivity index (χ2n) is 7.31. The maximum absolute atomic E-state index is 10.6. The van der Waals surface area contributed by atoms with Crippen molar-refractivity contribution in [2.75, 3.05) is 20.4 Å². The Labute approximate surface area is 162 Å². The molecular weight excluding hydrogens is 338 g/mol. The summed E-state index contributed by atoms with van der Waals surface area (Å²) in [6.45, 7) is 1.11. The number of ether oxygens (including phenoxy) is 2. The van der Waals surface area contributed by atoms with E-state index in [0.717, 1.165) is 38.0 Å². The summed E-state index contributed by atoms with van der Waals surface area (Å²) >= 11 is 0. The lowest BCUT2D eigenvalue weighted by Gasteiger charge is -2.35. The van der Waals surface area contributed by atoms with Gasteiger partial charge in [0.1, 0.15) is 5.75 Å². The van der Waals surface area contributed by atoms with E-state index in [-0.39, 0.29) is 24.9 Å². The van der Waals surface area contributed by atoms with Crippen molar-refractivity contribution in [1.82, 2.24) is 5.32 Å². The van der Waals surface area contributed by atoms with E-state index in [9.17, 15) is 5.11 Å². The fraction of sp³-hybridized carbons (Fsp3) is 0.478. The van der Waals surface area contributed by atoms with Crippen molar-refractivity contribution in [3.8, 4) is 5.75 Å². The van der Waals surface area contributed by atoms with Crippen LogP contribution in [-0.4, -0.2) is 31.7 Å². The van der Waals surface area contributed by atoms with E-state index in [4.69, 9.17) is 9.47 Å². The summed E-state index contributed by atoms with van der Waals surface area (Å²) in [5.41, 5.74) is 2.49. The fourth-order valence-corrected chi connectivity index (χ4v) is 3.99. The summed E-state index contributed by atoms with van der Waals surface area (Å²) in [5, 5.41) is 14.4. The van der Waals surface area contributed by atoms with Crippen LogP contribution in [-0.2, 0) is 11.2 Å². The van der Waals surface area contributed by atoms with Crippen LogP contribution in [0.25, 0.3) is 0 Å². The van der Waals surface area contributed by atoms with Crippen molar-refractivity contribution in [2.24, 2.45) is 5.92 Å². The van der Waals surface area contributed by atoms with E-state index in [2.05, 4.69) is 41.7 Å². The Kier molecular flexibility index (Phi) is 7.69. The predicted molar refractivity (Wildman–Crippen MR) is 108 cm³/mol. The first-order chi connectivity index (χ1) is 13.3. The van der Waals surface area contributed by atoms with E-state index < -0.39 is 0 Å². The highest BCUT2D eigenvalue weighted by atomic mass is 16.7. The van der Waals surface area contributed by atoms with Crippen LogP contribution in [0.2, 0.25) is 0 Å². The Balaban J connectivity index is 1.72. The average Bonchev–Trinajstić information content (AvgIpc) is 2.71. The molecular formula is C23H31NO3. The van der Waals surface area contributed by atoms with Gasteiger partial charge in [-0.05, 0) is 49.1 Å². The summed E-state index contributed by atoms with van der Waals surface area (Å²) in [4.78, 5) is 0. The summed E-state index contributed by atoms with van der Waals surface area (Å²) in [6, 6.07) is 18.8. The molecule has 0 bridgehead atoms. The normalized spacial score (nSPS) is 21.0. The van der Waals surface area contributed by atoms with Gasteiger partial charge in [-0.25, -0.2) is 0 Å². The second kappa shape index (κ2) is 10.5. The van der Waals surface area contributed by atoms with Crippen LogP contribution < -0.4 is 10.1 Å². The standard InChI is InChI=1S/C23H31NO3/c1-26-17-27-20-11-7-10-19(16-20)23(21-12-5-6-13-22(21)25)24-15-14-18-8-3-2-4-9-18/h2-4,7-11,16,21-25H,5-6,12-15,17H2,1H3. The minimum atomic E-state index is -0.253. The fourth-order valence-electron chi connectivity index (χ4n) is 3.99. The van der Waals surface area contributed by atoms with Gasteiger partial charge in [-0.15, -0.1) is 0 Å². The first-order valence-electron chi connectivity index (χ1n) is 9.95. The third kappa shape index (κ3) is 5.80. The van der Waals surface area contributed by atoms with Crippen LogP contribution in [0.1, 0.15) is 42.9 Å². The Morgan fingerprint density at radius 2 is 1.89 bits per heavy atom. The molecule has 27 heavy (non-hydrogen) atoms. The van der Waals surface area contributed by atoms with Gasteiger partial charge in [0, 0.05) is 19.1 Å². The van der Waals surface area contributed by atoms with Gasteiger partial charge in [0.15, 0.2) is 6.79 Å². The van der Waals surface area contributed by atoms with Crippen LogP contribution in [0.15, 0.2) is 54.6 Å². The number of aliphatic hydroxyl groups excluding tert-OH is 1. The van der Waals surface area contributed by atoms with Gasteiger partial charge in [-0.1, -0.05) is 55.3 Å². The molecule has 2 aromatic carbocycles. The molecule has 0 amide bonds. The van der Waals surface area contributed by atoms with Gasteiger partial charge in [-0.3, -0.25) is 0 Å². The van der Waals surface area contributed by atoms with Gasteiger partial charge in [0.2, 0.25) is 0 Å².